The molecule has 1 spiro atoms. The molecule has 108 heavy (non-hydrogen) atoms. The lowest BCUT2D eigenvalue weighted by molar-refractivity contribution is -0.182. The third-order valence-electron chi connectivity index (χ3n) is 25.1. The Morgan fingerprint density at radius 3 is 1.85 bits per heavy atom. The highest BCUT2D eigenvalue weighted by Gasteiger charge is 2.53. The molecule has 3 N–H and O–H groups in total. The highest BCUT2D eigenvalue weighted by Crippen LogP contribution is 2.44. The van der Waals surface area contributed by atoms with Crippen molar-refractivity contribution in [3.63, 3.8) is 0 Å². The number of carbonyl (C=O) groups excluding carboxylic acids is 12. The Balaban J connectivity index is 1.20. The number of likely N-dealkylation sites (tertiary alicyclic amines) is 1. The summed E-state index contributed by atoms with van der Waals surface area (Å²) in [5, 5.41) is 7.75. The molecule has 0 aromatic heterocycles. The zero-order valence-corrected chi connectivity index (χ0v) is 67.7. The largest absolute Gasteiger partial charge is 0.393 e. The molecule has 8 fully saturated rings. The first-order valence-corrected chi connectivity index (χ1v) is 41.9. The molecule has 8 aliphatic rings. The minimum Gasteiger partial charge on any atom is -0.376 e. The summed E-state index contributed by atoms with van der Waals surface area (Å²) in [6, 6.07) is -8.80. The van der Waals surface area contributed by atoms with E-state index in [0.717, 1.165) is 80.6 Å². The third-order valence-corrected chi connectivity index (χ3v) is 26.8. The molecule has 12 amide bonds. The molecule has 4 aliphatic carbocycles. The van der Waals surface area contributed by atoms with E-state index >= 15 is 33.6 Å². The van der Waals surface area contributed by atoms with Crippen molar-refractivity contribution in [2.24, 2.45) is 41.4 Å². The van der Waals surface area contributed by atoms with Crippen molar-refractivity contribution in [2.45, 2.75) is 273 Å². The first-order valence-electron chi connectivity index (χ1n) is 40.3. The number of ether oxygens (including phenoxy) is 1. The van der Waals surface area contributed by atoms with Crippen LogP contribution >= 0.6 is 23.4 Å². The van der Waals surface area contributed by atoms with E-state index in [1.54, 1.807) is 30.6 Å². The Kier molecular flexibility index (Phi) is 32.4. The van der Waals surface area contributed by atoms with E-state index in [1.807, 2.05) is 20.8 Å². The molecule has 4 saturated carbocycles. The van der Waals surface area contributed by atoms with Crippen LogP contribution in [-0.2, 0) is 62.3 Å². The minimum atomic E-state index is -4.52. The van der Waals surface area contributed by atoms with E-state index in [-0.39, 0.29) is 94.4 Å². The number of nitrogens with zero attached hydrogens (tertiary/aromatic N) is 9. The van der Waals surface area contributed by atoms with Crippen LogP contribution in [-0.4, -0.2) is 287 Å². The number of piperidine rings is 1. The lowest BCUT2D eigenvalue weighted by Gasteiger charge is -2.43. The topological polar surface area (TPSA) is 279 Å². The highest BCUT2D eigenvalue weighted by atomic mass is 35.5. The molecular weight excluding hydrogens is 1440 g/mol. The molecule has 25 nitrogen and oxygen atoms in total. The number of halogens is 4. The maximum absolute atomic E-state index is 16.0. The van der Waals surface area contributed by atoms with Crippen LogP contribution in [0.4, 0.5) is 13.2 Å². The standard InChI is InChI=1S/C78H126ClF3N12O13S/c1-12-50(4)67-74(104)88(7)45-65(97)86(5)46-66(98)90(9)61(40-51-24-16-13-17-25-51)72(102)87(6)44-63(95)83-58(31-29-52-28-30-56(57(79)39-52)78(80,81)82)71(101)94-43-55(107-47-53-32-37-108-48-53)41-60(94)70(100)85-77(33-20-21-34-77)76(106)92(11)68(54-26-18-14-19-27-54)75(105)91(10)62(73(103)93-35-22-15-23-36-93)42-64(96)89(8)59(38-49(2)3)69(99)84-67/h49-62,67-68H,12-48H2,1-11H3,(H,83,95)(H,84,99)(H,85,100)/t50-,52?,53?,55+,56?,57?,58-,59-,60-,61-,62-,67-,68-/m0/s1. The number of alkyl halides is 4. The Morgan fingerprint density at radius 1 is 0.620 bits per heavy atom. The van der Waals surface area contributed by atoms with Crippen molar-refractivity contribution in [3.8, 4) is 0 Å². The van der Waals surface area contributed by atoms with E-state index in [9.17, 15) is 37.1 Å². The third kappa shape index (κ3) is 22.7. The van der Waals surface area contributed by atoms with Gasteiger partial charge in [-0.1, -0.05) is 98.3 Å². The molecule has 30 heteroatoms. The SMILES string of the molecule is CC[C@H](C)[C@@H]1NC(=O)[C@H](CC(C)C)N(C)C(=O)C[C@@H](C(=O)N2CCCCC2)N(C)C(=O)[C@H](C2CCCCC2)N(C)C(=O)C2(CCCC2)NC(=O)[C@@H]2C[C@@H](OCC3CCSC3)CN2C(=O)[C@H](CCC2CCC(C(F)(F)F)C(Cl)C2)NC(=O)CN(C)C(=O)[C@H](CC2CCCCC2)N(C)C(=O)CN(C)C(=O)CN(C)C1=O. The highest BCUT2D eigenvalue weighted by molar-refractivity contribution is 7.99. The number of carbonyl (C=O) groups is 12. The Bertz CT molecular complexity index is 3130. The zero-order chi connectivity index (χ0) is 79.1. The van der Waals surface area contributed by atoms with Crippen molar-refractivity contribution < 1.29 is 75.4 Å². The van der Waals surface area contributed by atoms with Gasteiger partial charge in [-0.25, -0.2) is 0 Å². The maximum Gasteiger partial charge on any atom is 0.393 e. The molecule has 4 saturated heterocycles. The van der Waals surface area contributed by atoms with Crippen LogP contribution in [0, 0.1) is 41.4 Å². The van der Waals surface area contributed by atoms with Crippen LogP contribution < -0.4 is 16.0 Å². The van der Waals surface area contributed by atoms with E-state index in [2.05, 4.69) is 16.0 Å². The summed E-state index contributed by atoms with van der Waals surface area (Å²) in [5.74, 6) is -8.73. The van der Waals surface area contributed by atoms with Crippen molar-refractivity contribution in [1.29, 1.82) is 0 Å². The van der Waals surface area contributed by atoms with Crippen molar-refractivity contribution in [1.82, 2.24) is 60.0 Å². The van der Waals surface area contributed by atoms with Crippen LogP contribution in [0.15, 0.2) is 0 Å². The van der Waals surface area contributed by atoms with Gasteiger partial charge in [0.2, 0.25) is 70.9 Å². The van der Waals surface area contributed by atoms with E-state index in [4.69, 9.17) is 16.3 Å². The predicted molar refractivity (Wildman–Crippen MR) is 405 cm³/mol. The fourth-order valence-electron chi connectivity index (χ4n) is 17.9. The van der Waals surface area contributed by atoms with Crippen LogP contribution in [0.2, 0.25) is 0 Å². The number of hydrogen-bond donors (Lipinski definition) is 3. The van der Waals surface area contributed by atoms with Gasteiger partial charge < -0.3 is 64.8 Å². The fourth-order valence-corrected chi connectivity index (χ4v) is 19.7. The summed E-state index contributed by atoms with van der Waals surface area (Å²) < 4.78 is 49.1. The number of amides is 12. The molecule has 610 valence electrons. The molecule has 0 aromatic carbocycles. The average Bonchev–Trinajstić information content (AvgIpc) is 1.51. The maximum atomic E-state index is 16.0. The van der Waals surface area contributed by atoms with Gasteiger partial charge in [-0.3, -0.25) is 57.5 Å². The quantitative estimate of drug-likeness (QED) is 0.145. The molecule has 4 heterocycles. The summed E-state index contributed by atoms with van der Waals surface area (Å²) in [6.45, 7) is 6.71. The fraction of sp³-hybridized carbons (Fsp3) is 0.846. The Hall–Kier alpha value is -5.97. The van der Waals surface area contributed by atoms with Crippen LogP contribution in [0.3, 0.4) is 0 Å². The summed E-state index contributed by atoms with van der Waals surface area (Å²) >= 11 is 8.29. The lowest BCUT2D eigenvalue weighted by Crippen LogP contribution is -2.65. The number of thioether (sulfide) groups is 1. The van der Waals surface area contributed by atoms with Gasteiger partial charge in [0.05, 0.1) is 44.7 Å². The molecule has 4 aliphatic heterocycles. The molecule has 4 unspecified atom stereocenters. The molecule has 0 radical (unpaired) electrons. The minimum absolute atomic E-state index is 0.00404. The normalized spacial score (nSPS) is 30.9. The van der Waals surface area contributed by atoms with Crippen LogP contribution in [0.1, 0.15) is 207 Å². The molecule has 0 aromatic rings. The van der Waals surface area contributed by atoms with Gasteiger partial charge in [0.1, 0.15) is 47.8 Å². The number of rotatable bonds is 14. The van der Waals surface area contributed by atoms with E-state index < -0.39 is 180 Å². The Morgan fingerprint density at radius 2 is 1.24 bits per heavy atom. The summed E-state index contributed by atoms with van der Waals surface area (Å²) in [7, 11) is 10.1. The Labute approximate surface area is 647 Å². The second-order valence-corrected chi connectivity index (χ2v) is 35.2. The van der Waals surface area contributed by atoms with Crippen LogP contribution in [0.5, 0.6) is 0 Å². The smallest absolute Gasteiger partial charge is 0.376 e. The number of nitrogens with one attached hydrogen (secondary N) is 3. The predicted octanol–water partition coefficient (Wildman–Crippen LogP) is 7.23. The summed E-state index contributed by atoms with van der Waals surface area (Å²) in [6.07, 6.45) is 7.27. The van der Waals surface area contributed by atoms with E-state index in [0.29, 0.717) is 64.6 Å². The number of hydrogen-bond acceptors (Lipinski definition) is 14. The van der Waals surface area contributed by atoms with Crippen LogP contribution in [0.25, 0.3) is 0 Å². The van der Waals surface area contributed by atoms with E-state index in [1.165, 1.54) is 76.6 Å². The van der Waals surface area contributed by atoms with Gasteiger partial charge >= 0.3 is 6.18 Å². The molecular formula is C78H126ClF3N12O13S. The van der Waals surface area contributed by atoms with Gasteiger partial charge in [0, 0.05) is 80.8 Å². The van der Waals surface area contributed by atoms with Crippen molar-refractivity contribution in [2.75, 3.05) is 107 Å². The van der Waals surface area contributed by atoms with Gasteiger partial charge in [0.25, 0.3) is 0 Å². The van der Waals surface area contributed by atoms with Crippen molar-refractivity contribution >= 4 is 94.2 Å². The molecule has 13 atom stereocenters. The summed E-state index contributed by atoms with van der Waals surface area (Å²) in [4.78, 5) is 194. The number of fused-ring (bicyclic) bond motifs is 1. The monoisotopic (exact) mass is 1560 g/mol. The molecule has 0 bridgehead atoms. The zero-order valence-electron chi connectivity index (χ0n) is 66.2. The summed E-state index contributed by atoms with van der Waals surface area (Å²) in [5.41, 5.74) is -1.61. The second-order valence-electron chi connectivity index (χ2n) is 33.5. The first kappa shape index (κ1) is 87.6. The number of likely N-dealkylation sites (N-methyl/N-ethyl adjacent to an activating group) is 7. The van der Waals surface area contributed by atoms with Gasteiger partial charge in [0.15, 0.2) is 0 Å². The van der Waals surface area contributed by atoms with Gasteiger partial charge in [-0.15, -0.1) is 11.6 Å². The van der Waals surface area contributed by atoms with Gasteiger partial charge in [-0.05, 0) is 143 Å². The first-order chi connectivity index (χ1) is 51.1. The van der Waals surface area contributed by atoms with Gasteiger partial charge in [-0.2, -0.15) is 24.9 Å². The van der Waals surface area contributed by atoms with Crippen molar-refractivity contribution in [3.05, 3.63) is 0 Å². The second kappa shape index (κ2) is 40.0. The molecule has 8 rings (SSSR count). The lowest BCUT2D eigenvalue weighted by atomic mass is 9.78. The average molecular weight is 1560 g/mol.